The van der Waals surface area contributed by atoms with Gasteiger partial charge in [0.15, 0.2) is 0 Å². The minimum atomic E-state index is -3.81. The van der Waals surface area contributed by atoms with Gasteiger partial charge in [0.2, 0.25) is 0 Å². The van der Waals surface area contributed by atoms with Gasteiger partial charge in [-0.2, -0.15) is 0 Å². The van der Waals surface area contributed by atoms with E-state index in [4.69, 9.17) is 4.74 Å². The topological polar surface area (TPSA) is 66.9 Å². The molecule has 4 aromatic carbocycles. The number of nitrogens with zero attached hydrogens (tertiary/aromatic N) is 2. The molecule has 0 N–H and O–H groups in total. The molecule has 1 amide bonds. The summed E-state index contributed by atoms with van der Waals surface area (Å²) in [5.41, 5.74) is 1.84. The van der Waals surface area contributed by atoms with Crippen molar-refractivity contribution in [2.45, 2.75) is 11.4 Å². The molecule has 0 unspecified atom stereocenters. The normalized spacial score (nSPS) is 11.3. The van der Waals surface area contributed by atoms with E-state index in [1.54, 1.807) is 55.5 Å². The van der Waals surface area contributed by atoms with Gasteiger partial charge in [0.05, 0.1) is 17.7 Å². The van der Waals surface area contributed by atoms with Crippen LogP contribution in [0.15, 0.2) is 95.9 Å². The number of ether oxygens (including phenoxy) is 1. The van der Waals surface area contributed by atoms with Gasteiger partial charge in [0, 0.05) is 26.2 Å². The first-order chi connectivity index (χ1) is 16.3. The van der Waals surface area contributed by atoms with Crippen LogP contribution in [0.25, 0.3) is 10.8 Å². The number of rotatable bonds is 7. The third kappa shape index (κ3) is 4.75. The third-order valence-electron chi connectivity index (χ3n) is 5.74. The number of benzene rings is 4. The number of hydrogen-bond acceptors (Lipinski definition) is 4. The van der Waals surface area contributed by atoms with E-state index in [9.17, 15) is 13.2 Å². The quantitative estimate of drug-likeness (QED) is 0.380. The van der Waals surface area contributed by atoms with Crippen molar-refractivity contribution in [2.75, 3.05) is 25.5 Å². The van der Waals surface area contributed by atoms with Crippen LogP contribution in [-0.2, 0) is 16.6 Å². The van der Waals surface area contributed by atoms with Crippen LogP contribution in [0.4, 0.5) is 5.69 Å². The Hall–Kier alpha value is -3.84. The highest BCUT2D eigenvalue weighted by molar-refractivity contribution is 7.92. The summed E-state index contributed by atoms with van der Waals surface area (Å²) >= 11 is 0. The standard InChI is InChI=1S/C27H26N2O4S/c1-28(19-20-12-13-22-17-25(33-3)15-14-21(22)16-20)27(30)23-8-7-11-26(18-23)34(31,32)29(2)24-9-5-4-6-10-24/h4-18H,19H2,1-3H3. The zero-order valence-corrected chi connectivity index (χ0v) is 20.1. The number of para-hydroxylation sites is 1. The number of sulfonamides is 1. The number of anilines is 1. The second-order valence-electron chi connectivity index (χ2n) is 8.04. The molecule has 0 aliphatic rings. The molecule has 34 heavy (non-hydrogen) atoms. The maximum absolute atomic E-state index is 13.1. The molecule has 7 heteroatoms. The molecule has 4 aromatic rings. The third-order valence-corrected chi connectivity index (χ3v) is 7.52. The summed E-state index contributed by atoms with van der Waals surface area (Å²) < 4.78 is 32.7. The Kier molecular flexibility index (Phi) is 6.56. The van der Waals surface area contributed by atoms with E-state index in [-0.39, 0.29) is 10.8 Å². The van der Waals surface area contributed by atoms with Gasteiger partial charge < -0.3 is 9.64 Å². The average Bonchev–Trinajstić information content (AvgIpc) is 2.88. The van der Waals surface area contributed by atoms with E-state index < -0.39 is 10.0 Å². The molecule has 0 spiro atoms. The van der Waals surface area contributed by atoms with Gasteiger partial charge in [0.25, 0.3) is 15.9 Å². The highest BCUT2D eigenvalue weighted by Crippen LogP contribution is 2.24. The second-order valence-corrected chi connectivity index (χ2v) is 10.0. The van der Waals surface area contributed by atoms with E-state index in [1.165, 1.54) is 23.5 Å². The molecular weight excluding hydrogens is 448 g/mol. The zero-order valence-electron chi connectivity index (χ0n) is 19.3. The molecule has 0 heterocycles. The SMILES string of the molecule is COc1ccc2cc(CN(C)C(=O)c3cccc(S(=O)(=O)N(C)c4ccccc4)c3)ccc2c1. The first kappa shape index (κ1) is 23.3. The molecule has 0 fully saturated rings. The predicted molar refractivity (Wildman–Crippen MR) is 135 cm³/mol. The minimum Gasteiger partial charge on any atom is -0.497 e. The number of hydrogen-bond donors (Lipinski definition) is 0. The van der Waals surface area contributed by atoms with Crippen molar-refractivity contribution < 1.29 is 17.9 Å². The molecule has 0 aliphatic heterocycles. The summed E-state index contributed by atoms with van der Waals surface area (Å²) in [6.45, 7) is 0.391. The lowest BCUT2D eigenvalue weighted by atomic mass is 10.1. The molecule has 6 nitrogen and oxygen atoms in total. The summed E-state index contributed by atoms with van der Waals surface area (Å²) in [4.78, 5) is 14.8. The van der Waals surface area contributed by atoms with Crippen LogP contribution in [-0.4, -0.2) is 40.4 Å². The van der Waals surface area contributed by atoms with Crippen molar-refractivity contribution >= 4 is 32.4 Å². The lowest BCUT2D eigenvalue weighted by molar-refractivity contribution is 0.0785. The summed E-state index contributed by atoms with van der Waals surface area (Å²) in [7, 11) is 1.03. The predicted octanol–water partition coefficient (Wildman–Crippen LogP) is 4.95. The Balaban J connectivity index is 1.54. The molecule has 0 saturated heterocycles. The molecule has 0 aromatic heterocycles. The lowest BCUT2D eigenvalue weighted by Crippen LogP contribution is -2.28. The fourth-order valence-electron chi connectivity index (χ4n) is 3.79. The van der Waals surface area contributed by atoms with E-state index in [1.807, 2.05) is 42.5 Å². The summed E-state index contributed by atoms with van der Waals surface area (Å²) in [5.74, 6) is 0.537. The maximum Gasteiger partial charge on any atom is 0.264 e. The van der Waals surface area contributed by atoms with Gasteiger partial charge in [-0.25, -0.2) is 8.42 Å². The van der Waals surface area contributed by atoms with Crippen LogP contribution < -0.4 is 9.04 Å². The fourth-order valence-corrected chi connectivity index (χ4v) is 5.03. The average molecular weight is 475 g/mol. The summed E-state index contributed by atoms with van der Waals surface area (Å²) in [6.07, 6.45) is 0. The molecule has 0 aliphatic carbocycles. The highest BCUT2D eigenvalue weighted by Gasteiger charge is 2.23. The summed E-state index contributed by atoms with van der Waals surface area (Å²) in [6, 6.07) is 26.8. The van der Waals surface area contributed by atoms with E-state index in [2.05, 4.69) is 0 Å². The largest absolute Gasteiger partial charge is 0.497 e. The zero-order chi connectivity index (χ0) is 24.3. The van der Waals surface area contributed by atoms with Gasteiger partial charge in [-0.1, -0.05) is 42.5 Å². The number of methoxy groups -OCH3 is 1. The molecular formula is C27H26N2O4S. The van der Waals surface area contributed by atoms with Crippen LogP contribution in [0.1, 0.15) is 15.9 Å². The van der Waals surface area contributed by atoms with Crippen molar-refractivity contribution in [3.05, 3.63) is 102 Å². The van der Waals surface area contributed by atoms with E-state index in [0.717, 1.165) is 22.1 Å². The smallest absolute Gasteiger partial charge is 0.264 e. The Morgan fingerprint density at radius 1 is 0.824 bits per heavy atom. The van der Waals surface area contributed by atoms with Crippen LogP contribution in [0, 0.1) is 0 Å². The van der Waals surface area contributed by atoms with Crippen LogP contribution in [0.3, 0.4) is 0 Å². The highest BCUT2D eigenvalue weighted by atomic mass is 32.2. The van der Waals surface area contributed by atoms with Crippen molar-refractivity contribution in [1.82, 2.24) is 4.90 Å². The van der Waals surface area contributed by atoms with Gasteiger partial charge in [0.1, 0.15) is 5.75 Å². The van der Waals surface area contributed by atoms with E-state index >= 15 is 0 Å². The second kappa shape index (κ2) is 9.57. The van der Waals surface area contributed by atoms with Gasteiger partial charge >= 0.3 is 0 Å². The first-order valence-corrected chi connectivity index (χ1v) is 12.2. The molecule has 4 rings (SSSR count). The van der Waals surface area contributed by atoms with Crippen LogP contribution >= 0.6 is 0 Å². The van der Waals surface area contributed by atoms with Crippen LogP contribution in [0.2, 0.25) is 0 Å². The Labute approximate surface area is 200 Å². The molecule has 174 valence electrons. The number of fused-ring (bicyclic) bond motifs is 1. The van der Waals surface area contributed by atoms with Gasteiger partial charge in [-0.05, 0) is 64.9 Å². The number of carbonyl (C=O) groups excluding carboxylic acids is 1. The van der Waals surface area contributed by atoms with Crippen molar-refractivity contribution in [3.8, 4) is 5.75 Å². The fraction of sp³-hybridized carbons (Fsp3) is 0.148. The molecule has 0 bridgehead atoms. The van der Waals surface area contributed by atoms with Crippen LogP contribution in [0.5, 0.6) is 5.75 Å². The van der Waals surface area contributed by atoms with Crippen molar-refractivity contribution in [3.63, 3.8) is 0 Å². The monoisotopic (exact) mass is 474 g/mol. The Bertz CT molecular complexity index is 1440. The Morgan fingerprint density at radius 3 is 2.26 bits per heavy atom. The van der Waals surface area contributed by atoms with E-state index in [0.29, 0.717) is 17.8 Å². The number of amides is 1. The summed E-state index contributed by atoms with van der Waals surface area (Å²) in [5, 5.41) is 2.11. The molecule has 0 saturated carbocycles. The molecule has 0 radical (unpaired) electrons. The van der Waals surface area contributed by atoms with Gasteiger partial charge in [-0.15, -0.1) is 0 Å². The van der Waals surface area contributed by atoms with Gasteiger partial charge in [-0.3, -0.25) is 9.10 Å². The maximum atomic E-state index is 13.1. The minimum absolute atomic E-state index is 0.0674. The Morgan fingerprint density at radius 2 is 1.53 bits per heavy atom. The number of carbonyl (C=O) groups is 1. The van der Waals surface area contributed by atoms with Crippen molar-refractivity contribution in [1.29, 1.82) is 0 Å². The van der Waals surface area contributed by atoms with Crippen molar-refractivity contribution in [2.24, 2.45) is 0 Å². The first-order valence-electron chi connectivity index (χ1n) is 10.8. The molecule has 0 atom stereocenters. The lowest BCUT2D eigenvalue weighted by Gasteiger charge is -2.21.